The summed E-state index contributed by atoms with van der Waals surface area (Å²) in [7, 11) is 0. The van der Waals surface area contributed by atoms with Gasteiger partial charge in [0.05, 0.1) is 6.67 Å². The van der Waals surface area contributed by atoms with Crippen LogP contribution in [0.2, 0.25) is 0 Å². The third-order valence-corrected chi connectivity index (χ3v) is 0.564. The van der Waals surface area contributed by atoms with Crippen LogP contribution in [-0.4, -0.2) is 12.7 Å². The summed E-state index contributed by atoms with van der Waals surface area (Å²) in [5.74, 6) is 0. The van der Waals surface area contributed by atoms with Crippen molar-refractivity contribution in [3.63, 3.8) is 0 Å². The molecule has 0 bridgehead atoms. The molecule has 0 aliphatic heterocycles. The summed E-state index contributed by atoms with van der Waals surface area (Å²) in [5.41, 5.74) is 5.16. The van der Waals surface area contributed by atoms with Crippen molar-refractivity contribution >= 4 is 0 Å². The zero-order chi connectivity index (χ0) is 4.99. The van der Waals surface area contributed by atoms with E-state index in [9.17, 15) is 4.39 Å². The summed E-state index contributed by atoms with van der Waals surface area (Å²) in [5, 5.41) is 0. The van der Waals surface area contributed by atoms with Gasteiger partial charge in [-0.15, -0.1) is 0 Å². The van der Waals surface area contributed by atoms with Gasteiger partial charge in [0.25, 0.3) is 0 Å². The normalized spacial score (nSPS) is 14.5. The molecule has 38 valence electrons. The Morgan fingerprint density at radius 2 is 2.33 bits per heavy atom. The summed E-state index contributed by atoms with van der Waals surface area (Å²) < 4.78 is 11.2. The molecule has 0 heterocycles. The van der Waals surface area contributed by atoms with Crippen LogP contribution < -0.4 is 5.73 Å². The van der Waals surface area contributed by atoms with Crippen molar-refractivity contribution in [1.82, 2.24) is 0 Å². The molecule has 0 aromatic carbocycles. The largest absolute Gasteiger partial charge is 0.328 e. The van der Waals surface area contributed by atoms with Crippen LogP contribution in [0.3, 0.4) is 0 Å². The second kappa shape index (κ2) is 3.09. The first-order valence-electron chi connectivity index (χ1n) is 2.09. The van der Waals surface area contributed by atoms with Crippen LogP contribution in [0.1, 0.15) is 13.3 Å². The van der Waals surface area contributed by atoms with Gasteiger partial charge in [-0.05, 0) is 13.3 Å². The third kappa shape index (κ3) is 3.89. The van der Waals surface area contributed by atoms with Gasteiger partial charge in [-0.2, -0.15) is 0 Å². The monoisotopic (exact) mass is 91.1 g/mol. The highest BCUT2D eigenvalue weighted by atomic mass is 19.1. The lowest BCUT2D eigenvalue weighted by molar-refractivity contribution is 0.447. The highest BCUT2D eigenvalue weighted by Gasteiger charge is 1.87. The van der Waals surface area contributed by atoms with Crippen molar-refractivity contribution in [3.05, 3.63) is 0 Å². The Bertz CT molecular complexity index is 28.7. The Kier molecular flexibility index (Phi) is 3.04. The molecule has 1 nitrogen and oxygen atoms in total. The van der Waals surface area contributed by atoms with Crippen LogP contribution in [0.15, 0.2) is 0 Å². The Labute approximate surface area is 37.3 Å². The summed E-state index contributed by atoms with van der Waals surface area (Å²) in [6.07, 6.45) is 0.486. The van der Waals surface area contributed by atoms with E-state index in [1.807, 2.05) is 0 Å². The summed E-state index contributed by atoms with van der Waals surface area (Å²) in [6.45, 7) is 1.50. The molecular formula is C4H10FN. The number of hydrogen-bond donors (Lipinski definition) is 1. The zero-order valence-corrected chi connectivity index (χ0v) is 3.95. The predicted molar refractivity (Wildman–Crippen MR) is 24.2 cm³/mol. The van der Waals surface area contributed by atoms with Gasteiger partial charge in [0.15, 0.2) is 0 Å². The van der Waals surface area contributed by atoms with E-state index in [1.54, 1.807) is 6.92 Å². The molecule has 0 aliphatic rings. The van der Waals surface area contributed by atoms with E-state index in [4.69, 9.17) is 5.73 Å². The second-order valence-corrected chi connectivity index (χ2v) is 1.45. The van der Waals surface area contributed by atoms with Gasteiger partial charge in [0, 0.05) is 6.04 Å². The Morgan fingerprint density at radius 1 is 1.83 bits per heavy atom. The van der Waals surface area contributed by atoms with Gasteiger partial charge in [-0.1, -0.05) is 0 Å². The maximum atomic E-state index is 11.2. The van der Waals surface area contributed by atoms with Crippen molar-refractivity contribution in [2.75, 3.05) is 6.67 Å². The van der Waals surface area contributed by atoms with Gasteiger partial charge in [0.1, 0.15) is 0 Å². The lowest BCUT2D eigenvalue weighted by Crippen LogP contribution is -2.14. The standard InChI is InChI=1S/C4H10FN/c1-4(6)2-3-5/h4H,2-3,6H2,1H3/t4-/m0/s1. The quantitative estimate of drug-likeness (QED) is 0.531. The zero-order valence-electron chi connectivity index (χ0n) is 3.95. The van der Waals surface area contributed by atoms with Gasteiger partial charge in [-0.25, -0.2) is 0 Å². The molecule has 0 unspecified atom stereocenters. The average Bonchev–Trinajstić information content (AvgIpc) is 1.35. The van der Waals surface area contributed by atoms with Crippen molar-refractivity contribution in [2.45, 2.75) is 19.4 Å². The van der Waals surface area contributed by atoms with Gasteiger partial charge in [-0.3, -0.25) is 4.39 Å². The first-order valence-corrected chi connectivity index (χ1v) is 2.09. The molecule has 1 atom stereocenters. The highest BCUT2D eigenvalue weighted by Crippen LogP contribution is 1.83. The number of halogens is 1. The summed E-state index contributed by atoms with van der Waals surface area (Å²) >= 11 is 0. The molecule has 0 aliphatic carbocycles. The topological polar surface area (TPSA) is 26.0 Å². The van der Waals surface area contributed by atoms with Crippen LogP contribution in [-0.2, 0) is 0 Å². The fourth-order valence-corrected chi connectivity index (χ4v) is 0.172. The second-order valence-electron chi connectivity index (χ2n) is 1.45. The van der Waals surface area contributed by atoms with Crippen LogP contribution in [0.5, 0.6) is 0 Å². The molecule has 2 heteroatoms. The summed E-state index contributed by atoms with van der Waals surface area (Å²) in [4.78, 5) is 0. The first-order chi connectivity index (χ1) is 2.77. The van der Waals surface area contributed by atoms with Crippen LogP contribution >= 0.6 is 0 Å². The lowest BCUT2D eigenvalue weighted by Gasteiger charge is -1.94. The number of alkyl halides is 1. The van der Waals surface area contributed by atoms with Crippen molar-refractivity contribution in [3.8, 4) is 0 Å². The highest BCUT2D eigenvalue weighted by molar-refractivity contribution is 4.48. The van der Waals surface area contributed by atoms with E-state index >= 15 is 0 Å². The minimum Gasteiger partial charge on any atom is -0.328 e. The van der Waals surface area contributed by atoms with Crippen molar-refractivity contribution in [1.29, 1.82) is 0 Å². The van der Waals surface area contributed by atoms with Crippen LogP contribution in [0.25, 0.3) is 0 Å². The third-order valence-electron chi connectivity index (χ3n) is 0.564. The molecule has 0 spiro atoms. The van der Waals surface area contributed by atoms with Crippen molar-refractivity contribution in [2.24, 2.45) is 5.73 Å². The first kappa shape index (κ1) is 5.89. The predicted octanol–water partition coefficient (Wildman–Crippen LogP) is 0.693. The van der Waals surface area contributed by atoms with E-state index in [0.717, 1.165) is 0 Å². The summed E-state index contributed by atoms with van der Waals surface area (Å²) in [6, 6.07) is 0.0231. The molecule has 0 aromatic rings. The maximum Gasteiger partial charge on any atom is 0.0909 e. The van der Waals surface area contributed by atoms with Crippen LogP contribution in [0, 0.1) is 0 Å². The number of hydrogen-bond acceptors (Lipinski definition) is 1. The van der Waals surface area contributed by atoms with Gasteiger partial charge >= 0.3 is 0 Å². The fraction of sp³-hybridized carbons (Fsp3) is 1.00. The van der Waals surface area contributed by atoms with Crippen molar-refractivity contribution < 1.29 is 4.39 Å². The van der Waals surface area contributed by atoms with E-state index in [1.165, 1.54) is 0 Å². The molecule has 0 saturated carbocycles. The van der Waals surface area contributed by atoms with Crippen LogP contribution in [0.4, 0.5) is 4.39 Å². The lowest BCUT2D eigenvalue weighted by atomic mass is 10.3. The van der Waals surface area contributed by atoms with Gasteiger partial charge in [0.2, 0.25) is 0 Å². The molecule has 0 rings (SSSR count). The SMILES string of the molecule is C[C@H](N)CCF. The molecule has 2 N–H and O–H groups in total. The van der Waals surface area contributed by atoms with Gasteiger partial charge < -0.3 is 5.73 Å². The van der Waals surface area contributed by atoms with E-state index in [0.29, 0.717) is 6.42 Å². The molecule has 0 radical (unpaired) electrons. The maximum absolute atomic E-state index is 11.2. The molecule has 0 fully saturated rings. The molecule has 0 aromatic heterocycles. The van der Waals surface area contributed by atoms with E-state index in [2.05, 4.69) is 0 Å². The number of rotatable bonds is 2. The minimum atomic E-state index is -0.294. The molecule has 6 heavy (non-hydrogen) atoms. The number of nitrogens with two attached hydrogens (primary N) is 1. The Hall–Kier alpha value is -0.110. The minimum absolute atomic E-state index is 0.0231. The smallest absolute Gasteiger partial charge is 0.0909 e. The molecular weight excluding hydrogens is 81.0 g/mol. The van der Waals surface area contributed by atoms with E-state index in [-0.39, 0.29) is 12.7 Å². The van der Waals surface area contributed by atoms with E-state index < -0.39 is 0 Å². The molecule has 0 amide bonds. The molecule has 0 saturated heterocycles. The fourth-order valence-electron chi connectivity index (χ4n) is 0.172. The Morgan fingerprint density at radius 3 is 2.33 bits per heavy atom. The average molecular weight is 91.1 g/mol. The Balaban J connectivity index is 2.63.